The van der Waals surface area contributed by atoms with Crippen LogP contribution >= 0.6 is 11.3 Å². The summed E-state index contributed by atoms with van der Waals surface area (Å²) >= 11 is 1.46. The summed E-state index contributed by atoms with van der Waals surface area (Å²) in [6.45, 7) is 1.95. The third-order valence-electron chi connectivity index (χ3n) is 1.99. The first-order valence-electron chi connectivity index (χ1n) is 4.94. The van der Waals surface area contributed by atoms with Gasteiger partial charge in [0.05, 0.1) is 5.00 Å². The summed E-state index contributed by atoms with van der Waals surface area (Å²) < 4.78 is 17.6. The number of ether oxygens (including phenoxy) is 1. The van der Waals surface area contributed by atoms with Gasteiger partial charge in [0.25, 0.3) is 0 Å². The summed E-state index contributed by atoms with van der Waals surface area (Å²) in [5.74, 6) is -0.0659. The van der Waals surface area contributed by atoms with Crippen molar-refractivity contribution in [1.29, 1.82) is 0 Å². The second-order valence-electron chi connectivity index (χ2n) is 3.38. The smallest absolute Gasteiger partial charge is 0.410 e. The number of thiophene rings is 1. The molecule has 1 heterocycles. The van der Waals surface area contributed by atoms with Crippen LogP contribution in [0.15, 0.2) is 36.4 Å². The number of benzene rings is 1. The van der Waals surface area contributed by atoms with Gasteiger partial charge in [0.15, 0.2) is 0 Å². The first-order valence-corrected chi connectivity index (χ1v) is 5.76. The van der Waals surface area contributed by atoms with Crippen LogP contribution in [0, 0.1) is 12.7 Å². The highest BCUT2D eigenvalue weighted by molar-refractivity contribution is 7.16. The van der Waals surface area contributed by atoms with E-state index < -0.39 is 6.09 Å². The number of hydrogen-bond acceptors (Lipinski definition) is 3. The van der Waals surface area contributed by atoms with E-state index in [-0.39, 0.29) is 5.82 Å². The van der Waals surface area contributed by atoms with Crippen molar-refractivity contribution < 1.29 is 13.9 Å². The molecule has 0 spiro atoms. The van der Waals surface area contributed by atoms with Crippen molar-refractivity contribution in [2.24, 2.45) is 0 Å². The average Bonchev–Trinajstić information content (AvgIpc) is 2.67. The third-order valence-corrected chi connectivity index (χ3v) is 2.91. The summed E-state index contributed by atoms with van der Waals surface area (Å²) in [5.41, 5.74) is 0. The Morgan fingerprint density at radius 2 is 1.94 bits per heavy atom. The number of carbonyl (C=O) groups excluding carboxylic acids is 1. The van der Waals surface area contributed by atoms with Crippen LogP contribution in [0.2, 0.25) is 0 Å². The Kier molecular flexibility index (Phi) is 3.39. The molecule has 5 heteroatoms. The van der Waals surface area contributed by atoms with Crippen molar-refractivity contribution in [3.05, 3.63) is 47.1 Å². The number of rotatable bonds is 2. The Morgan fingerprint density at radius 3 is 2.53 bits per heavy atom. The van der Waals surface area contributed by atoms with Crippen LogP contribution in [0.5, 0.6) is 5.75 Å². The van der Waals surface area contributed by atoms with Gasteiger partial charge >= 0.3 is 6.09 Å². The van der Waals surface area contributed by atoms with Crippen molar-refractivity contribution in [2.75, 3.05) is 5.32 Å². The van der Waals surface area contributed by atoms with E-state index in [1.807, 2.05) is 13.0 Å². The fourth-order valence-corrected chi connectivity index (χ4v) is 1.99. The molecule has 0 bridgehead atoms. The van der Waals surface area contributed by atoms with Crippen molar-refractivity contribution in [3.8, 4) is 5.75 Å². The minimum atomic E-state index is -0.585. The van der Waals surface area contributed by atoms with Gasteiger partial charge < -0.3 is 4.74 Å². The lowest BCUT2D eigenvalue weighted by Crippen LogP contribution is -2.15. The number of halogens is 1. The Bertz CT molecular complexity index is 522. The van der Waals surface area contributed by atoms with Gasteiger partial charge in [0, 0.05) is 4.88 Å². The zero-order chi connectivity index (χ0) is 12.3. The molecule has 0 unspecified atom stereocenters. The number of nitrogens with one attached hydrogen (secondary N) is 1. The summed E-state index contributed by atoms with van der Waals surface area (Å²) in [6.07, 6.45) is -0.585. The SMILES string of the molecule is Cc1ccc(NC(=O)Oc2ccc(F)cc2)s1. The highest BCUT2D eigenvalue weighted by Crippen LogP contribution is 2.21. The number of amides is 1. The standard InChI is InChI=1S/C12H10FNO2S/c1-8-2-7-11(17-8)14-12(15)16-10-5-3-9(13)4-6-10/h2-7H,1H3,(H,14,15). The van der Waals surface area contributed by atoms with E-state index in [1.54, 1.807) is 6.07 Å². The van der Waals surface area contributed by atoms with Crippen LogP contribution in [0.1, 0.15) is 4.88 Å². The van der Waals surface area contributed by atoms with Crippen molar-refractivity contribution in [2.45, 2.75) is 6.92 Å². The first kappa shape index (κ1) is 11.6. The molecule has 1 amide bonds. The highest BCUT2D eigenvalue weighted by Gasteiger charge is 2.06. The second kappa shape index (κ2) is 4.97. The molecule has 1 aromatic heterocycles. The molecule has 0 aliphatic heterocycles. The van der Waals surface area contributed by atoms with Gasteiger partial charge in [-0.25, -0.2) is 9.18 Å². The fraction of sp³-hybridized carbons (Fsp3) is 0.0833. The monoisotopic (exact) mass is 251 g/mol. The topological polar surface area (TPSA) is 38.3 Å². The molecule has 17 heavy (non-hydrogen) atoms. The number of carbonyl (C=O) groups is 1. The van der Waals surface area contributed by atoms with Crippen LogP contribution in [0.3, 0.4) is 0 Å². The lowest BCUT2D eigenvalue weighted by atomic mass is 10.3. The van der Waals surface area contributed by atoms with Crippen LogP contribution in [-0.2, 0) is 0 Å². The van der Waals surface area contributed by atoms with Crippen molar-refractivity contribution in [1.82, 2.24) is 0 Å². The predicted molar refractivity (Wildman–Crippen MR) is 65.1 cm³/mol. The molecule has 0 aliphatic carbocycles. The summed E-state index contributed by atoms with van der Waals surface area (Å²) in [5, 5.41) is 3.31. The molecule has 0 atom stereocenters. The van der Waals surface area contributed by atoms with E-state index in [4.69, 9.17) is 4.74 Å². The Labute approximate surface area is 102 Å². The molecule has 0 radical (unpaired) electrons. The highest BCUT2D eigenvalue weighted by atomic mass is 32.1. The number of hydrogen-bond donors (Lipinski definition) is 1. The predicted octanol–water partition coefficient (Wildman–Crippen LogP) is 3.81. The molecule has 0 aliphatic rings. The van der Waals surface area contributed by atoms with Crippen LogP contribution in [-0.4, -0.2) is 6.09 Å². The van der Waals surface area contributed by atoms with Crippen LogP contribution < -0.4 is 10.1 Å². The van der Waals surface area contributed by atoms with Gasteiger partial charge in [-0.2, -0.15) is 0 Å². The molecule has 88 valence electrons. The molecule has 1 N–H and O–H groups in total. The van der Waals surface area contributed by atoms with E-state index in [1.165, 1.54) is 35.6 Å². The second-order valence-corrected chi connectivity index (χ2v) is 4.67. The van der Waals surface area contributed by atoms with E-state index in [0.29, 0.717) is 5.75 Å². The van der Waals surface area contributed by atoms with E-state index in [2.05, 4.69) is 5.32 Å². The Hall–Kier alpha value is -1.88. The lowest BCUT2D eigenvalue weighted by Gasteiger charge is -2.04. The maximum absolute atomic E-state index is 12.6. The van der Waals surface area contributed by atoms with Gasteiger partial charge in [0.2, 0.25) is 0 Å². The fourth-order valence-electron chi connectivity index (χ4n) is 1.24. The summed E-state index contributed by atoms with van der Waals surface area (Å²) in [7, 11) is 0. The molecular weight excluding hydrogens is 241 g/mol. The minimum absolute atomic E-state index is 0.303. The average molecular weight is 251 g/mol. The molecule has 0 saturated heterocycles. The van der Waals surface area contributed by atoms with Crippen LogP contribution in [0.4, 0.5) is 14.2 Å². The first-order chi connectivity index (χ1) is 8.13. The minimum Gasteiger partial charge on any atom is -0.410 e. The molecule has 0 fully saturated rings. The van der Waals surface area contributed by atoms with Gasteiger partial charge in [-0.15, -0.1) is 11.3 Å². The largest absolute Gasteiger partial charge is 0.417 e. The third kappa shape index (κ3) is 3.29. The quantitative estimate of drug-likeness (QED) is 0.881. The van der Waals surface area contributed by atoms with Crippen molar-refractivity contribution in [3.63, 3.8) is 0 Å². The molecule has 2 rings (SSSR count). The van der Waals surface area contributed by atoms with Gasteiger partial charge in [-0.1, -0.05) is 0 Å². The molecule has 3 nitrogen and oxygen atoms in total. The molecule has 1 aromatic carbocycles. The number of aryl methyl sites for hydroxylation is 1. The van der Waals surface area contributed by atoms with Gasteiger partial charge in [-0.05, 0) is 43.3 Å². The van der Waals surface area contributed by atoms with E-state index >= 15 is 0 Å². The Balaban J connectivity index is 1.95. The van der Waals surface area contributed by atoms with E-state index in [0.717, 1.165) is 9.88 Å². The summed E-state index contributed by atoms with van der Waals surface area (Å²) in [4.78, 5) is 12.6. The van der Waals surface area contributed by atoms with Gasteiger partial charge in [0.1, 0.15) is 11.6 Å². The zero-order valence-corrected chi connectivity index (χ0v) is 9.88. The zero-order valence-electron chi connectivity index (χ0n) is 9.07. The maximum atomic E-state index is 12.6. The maximum Gasteiger partial charge on any atom is 0.417 e. The Morgan fingerprint density at radius 1 is 1.24 bits per heavy atom. The van der Waals surface area contributed by atoms with Crippen molar-refractivity contribution >= 4 is 22.4 Å². The number of anilines is 1. The van der Waals surface area contributed by atoms with Gasteiger partial charge in [-0.3, -0.25) is 5.32 Å². The lowest BCUT2D eigenvalue weighted by molar-refractivity contribution is 0.215. The normalized spacial score (nSPS) is 10.0. The summed E-state index contributed by atoms with van der Waals surface area (Å²) in [6, 6.07) is 8.96. The molecular formula is C12H10FNO2S. The molecule has 0 saturated carbocycles. The van der Waals surface area contributed by atoms with E-state index in [9.17, 15) is 9.18 Å². The van der Waals surface area contributed by atoms with Crippen LogP contribution in [0.25, 0.3) is 0 Å². The molecule has 2 aromatic rings.